The summed E-state index contributed by atoms with van der Waals surface area (Å²) in [5, 5.41) is 0. The van der Waals surface area contributed by atoms with Gasteiger partial charge in [-0.05, 0) is 25.5 Å². The molecule has 1 aliphatic rings. The van der Waals surface area contributed by atoms with E-state index < -0.39 is 22.7 Å². The van der Waals surface area contributed by atoms with Crippen molar-refractivity contribution in [1.29, 1.82) is 0 Å². The first-order valence-corrected chi connectivity index (χ1v) is 10.6. The van der Waals surface area contributed by atoms with Crippen LogP contribution in [0.2, 0.25) is 0 Å². The Labute approximate surface area is 167 Å². The van der Waals surface area contributed by atoms with Crippen LogP contribution in [0, 0.1) is 0 Å². The van der Waals surface area contributed by atoms with Gasteiger partial charge < -0.3 is 4.90 Å². The molecule has 1 heterocycles. The van der Waals surface area contributed by atoms with Gasteiger partial charge in [-0.15, -0.1) is 0 Å². The highest BCUT2D eigenvalue weighted by Crippen LogP contribution is 2.18. The van der Waals surface area contributed by atoms with E-state index in [0.29, 0.717) is 18.5 Å². The molecule has 162 valence electrons. The van der Waals surface area contributed by atoms with Crippen molar-refractivity contribution in [2.45, 2.75) is 30.8 Å². The highest BCUT2D eigenvalue weighted by Gasteiger charge is 2.31. The van der Waals surface area contributed by atoms with Crippen LogP contribution in [-0.4, -0.2) is 75.4 Å². The summed E-state index contributed by atoms with van der Waals surface area (Å²) in [5.41, 5.74) is 0.389. The molecule has 0 saturated carbocycles. The lowest BCUT2D eigenvalue weighted by Crippen LogP contribution is -2.39. The van der Waals surface area contributed by atoms with E-state index in [0.717, 1.165) is 0 Å². The fourth-order valence-corrected chi connectivity index (χ4v) is 4.07. The van der Waals surface area contributed by atoms with Gasteiger partial charge >= 0.3 is 6.18 Å². The molecule has 0 aromatic heterocycles. The molecule has 7 nitrogen and oxygen atoms in total. The quantitative estimate of drug-likeness (QED) is 0.659. The second kappa shape index (κ2) is 9.68. The molecule has 1 amide bonds. The van der Waals surface area contributed by atoms with E-state index in [4.69, 9.17) is 0 Å². The van der Waals surface area contributed by atoms with Crippen LogP contribution in [0.25, 0.3) is 0 Å². The topological polar surface area (TPSA) is 86.8 Å². The molecule has 0 unspecified atom stereocenters. The molecule has 11 heteroatoms. The predicted octanol–water partition coefficient (Wildman–Crippen LogP) is 1.65. The summed E-state index contributed by atoms with van der Waals surface area (Å²) in [6, 6.07) is 5.44. The minimum absolute atomic E-state index is 0.0208. The van der Waals surface area contributed by atoms with Crippen molar-refractivity contribution in [3.05, 3.63) is 29.8 Å². The largest absolute Gasteiger partial charge is 0.401 e. The van der Waals surface area contributed by atoms with Crippen LogP contribution >= 0.6 is 0 Å². The Morgan fingerprint density at radius 2 is 1.72 bits per heavy atom. The molecule has 2 rings (SSSR count). The number of carbonyl (C=O) groups excluding carboxylic acids is 2. The Morgan fingerprint density at radius 3 is 2.31 bits per heavy atom. The lowest BCUT2D eigenvalue weighted by molar-refractivity contribution is -0.145. The van der Waals surface area contributed by atoms with E-state index in [-0.39, 0.29) is 49.2 Å². The summed E-state index contributed by atoms with van der Waals surface area (Å²) in [7, 11) is -3.83. The van der Waals surface area contributed by atoms with Crippen LogP contribution < -0.4 is 4.72 Å². The zero-order chi connectivity index (χ0) is 21.7. The molecule has 1 aliphatic heterocycles. The first-order valence-electron chi connectivity index (χ1n) is 9.15. The third-order valence-corrected chi connectivity index (χ3v) is 6.02. The molecular weight excluding hydrogens is 411 g/mol. The van der Waals surface area contributed by atoms with Gasteiger partial charge in [-0.3, -0.25) is 14.5 Å². The van der Waals surface area contributed by atoms with Gasteiger partial charge in [-0.25, -0.2) is 13.1 Å². The number of hydrogen-bond donors (Lipinski definition) is 1. The molecule has 1 aromatic carbocycles. The van der Waals surface area contributed by atoms with Gasteiger partial charge in [0.05, 0.1) is 11.4 Å². The molecule has 1 fully saturated rings. The number of sulfonamides is 1. The van der Waals surface area contributed by atoms with E-state index in [1.807, 2.05) is 0 Å². The van der Waals surface area contributed by atoms with Crippen molar-refractivity contribution in [2.75, 3.05) is 39.3 Å². The maximum absolute atomic E-state index is 12.5. The Hall–Kier alpha value is -1.98. The van der Waals surface area contributed by atoms with E-state index in [9.17, 15) is 31.2 Å². The molecule has 1 saturated heterocycles. The average Bonchev–Trinajstić information content (AvgIpc) is 2.85. The number of hydrogen-bond acceptors (Lipinski definition) is 5. The summed E-state index contributed by atoms with van der Waals surface area (Å²) in [6.45, 7) is 1.14. The molecule has 0 bridgehead atoms. The summed E-state index contributed by atoms with van der Waals surface area (Å²) >= 11 is 0. The van der Waals surface area contributed by atoms with Gasteiger partial charge in [0.25, 0.3) is 0 Å². The predicted molar refractivity (Wildman–Crippen MR) is 99.9 cm³/mol. The van der Waals surface area contributed by atoms with Crippen LogP contribution in [0.4, 0.5) is 13.2 Å². The Balaban J connectivity index is 1.83. The minimum Gasteiger partial charge on any atom is -0.341 e. The maximum atomic E-state index is 12.5. The van der Waals surface area contributed by atoms with Crippen LogP contribution in [0.1, 0.15) is 30.1 Å². The molecule has 0 radical (unpaired) electrons. The number of carbonyl (C=O) groups is 2. The molecule has 0 spiro atoms. The van der Waals surface area contributed by atoms with E-state index in [1.165, 1.54) is 41.0 Å². The van der Waals surface area contributed by atoms with Crippen LogP contribution in [-0.2, 0) is 14.8 Å². The zero-order valence-electron chi connectivity index (χ0n) is 16.0. The molecule has 1 aromatic rings. The zero-order valence-corrected chi connectivity index (χ0v) is 16.9. The number of benzene rings is 1. The first-order chi connectivity index (χ1) is 13.5. The lowest BCUT2D eigenvalue weighted by Gasteiger charge is -2.22. The fourth-order valence-electron chi connectivity index (χ4n) is 3.03. The number of alkyl halides is 3. The van der Waals surface area contributed by atoms with Crippen molar-refractivity contribution in [3.8, 4) is 0 Å². The monoisotopic (exact) mass is 435 g/mol. The van der Waals surface area contributed by atoms with Gasteiger partial charge in [0.2, 0.25) is 15.9 Å². The molecule has 1 N–H and O–H groups in total. The number of nitrogens with zero attached hydrogens (tertiary/aromatic N) is 2. The second-order valence-corrected chi connectivity index (χ2v) is 8.62. The Morgan fingerprint density at radius 1 is 1.07 bits per heavy atom. The minimum atomic E-state index is -4.28. The van der Waals surface area contributed by atoms with Crippen molar-refractivity contribution in [1.82, 2.24) is 14.5 Å². The van der Waals surface area contributed by atoms with E-state index >= 15 is 0 Å². The normalized spacial score (nSPS) is 16.5. The average molecular weight is 435 g/mol. The van der Waals surface area contributed by atoms with Crippen molar-refractivity contribution in [3.63, 3.8) is 0 Å². The van der Waals surface area contributed by atoms with Crippen molar-refractivity contribution >= 4 is 21.7 Å². The highest BCUT2D eigenvalue weighted by atomic mass is 32.2. The Kier molecular flexibility index (Phi) is 7.78. The third kappa shape index (κ3) is 7.41. The number of amides is 1. The Bertz CT molecular complexity index is 826. The SMILES string of the molecule is CC(=O)c1ccc(S(=O)(=O)NCCC(=O)N2CCCN(CC(F)(F)F)CC2)cc1. The van der Waals surface area contributed by atoms with E-state index in [1.54, 1.807) is 0 Å². The molecule has 0 aliphatic carbocycles. The molecule has 0 atom stereocenters. The van der Waals surface area contributed by atoms with Gasteiger partial charge in [0.15, 0.2) is 5.78 Å². The smallest absolute Gasteiger partial charge is 0.341 e. The third-order valence-electron chi connectivity index (χ3n) is 4.55. The number of rotatable bonds is 7. The standard InChI is InChI=1S/C18H24F3N3O4S/c1-14(25)15-3-5-16(6-4-15)29(27,28)22-8-7-17(26)24-10-2-9-23(11-12-24)13-18(19,20)21/h3-6,22H,2,7-13H2,1H3. The molecule has 29 heavy (non-hydrogen) atoms. The van der Waals surface area contributed by atoms with Crippen LogP contribution in [0.5, 0.6) is 0 Å². The van der Waals surface area contributed by atoms with E-state index in [2.05, 4.69) is 4.72 Å². The second-order valence-electron chi connectivity index (χ2n) is 6.85. The molecular formula is C18H24F3N3O4S. The number of nitrogens with one attached hydrogen (secondary N) is 1. The number of Topliss-reactive ketones (excluding diaryl/α,β-unsaturated/α-hetero) is 1. The fraction of sp³-hybridized carbons (Fsp3) is 0.556. The van der Waals surface area contributed by atoms with Crippen molar-refractivity contribution < 1.29 is 31.2 Å². The summed E-state index contributed by atoms with van der Waals surface area (Å²) in [4.78, 5) is 26.3. The summed E-state index contributed by atoms with van der Waals surface area (Å²) in [5.74, 6) is -0.493. The summed E-state index contributed by atoms with van der Waals surface area (Å²) < 4.78 is 64.4. The highest BCUT2D eigenvalue weighted by molar-refractivity contribution is 7.89. The summed E-state index contributed by atoms with van der Waals surface area (Å²) in [6.07, 6.45) is -3.94. The number of halogens is 3. The maximum Gasteiger partial charge on any atom is 0.401 e. The van der Waals surface area contributed by atoms with Crippen LogP contribution in [0.3, 0.4) is 0 Å². The van der Waals surface area contributed by atoms with Gasteiger partial charge in [0.1, 0.15) is 0 Å². The van der Waals surface area contributed by atoms with Crippen LogP contribution in [0.15, 0.2) is 29.2 Å². The number of ketones is 1. The van der Waals surface area contributed by atoms with Gasteiger partial charge in [-0.2, -0.15) is 13.2 Å². The van der Waals surface area contributed by atoms with Gasteiger partial charge in [-0.1, -0.05) is 12.1 Å². The lowest BCUT2D eigenvalue weighted by atomic mass is 10.2. The van der Waals surface area contributed by atoms with Gasteiger partial charge in [0, 0.05) is 44.7 Å². The first kappa shape index (κ1) is 23.3. The van der Waals surface area contributed by atoms with Crippen molar-refractivity contribution in [2.24, 2.45) is 0 Å².